The number of amides is 1. The van der Waals surface area contributed by atoms with Gasteiger partial charge in [-0.25, -0.2) is 12.8 Å². The summed E-state index contributed by atoms with van der Waals surface area (Å²) >= 11 is 0. The fourth-order valence-electron chi connectivity index (χ4n) is 2.85. The minimum Gasteiger partial charge on any atom is -0.490 e. The topological polar surface area (TPSA) is 75.7 Å². The summed E-state index contributed by atoms with van der Waals surface area (Å²) in [5, 5.41) is 2.83. The molecule has 0 spiro atoms. The van der Waals surface area contributed by atoms with Crippen LogP contribution in [0.2, 0.25) is 0 Å². The van der Waals surface area contributed by atoms with E-state index in [9.17, 15) is 17.6 Å². The van der Waals surface area contributed by atoms with E-state index in [2.05, 4.69) is 5.32 Å². The average Bonchev–Trinajstić information content (AvgIpc) is 2.70. The Morgan fingerprint density at radius 1 is 1.10 bits per heavy atom. The van der Waals surface area contributed by atoms with E-state index in [0.717, 1.165) is 5.56 Å². The SMILES string of the molecule is CCN(CC)S(=O)(=O)c1ccc(C(C)NC(=O)CCOc2ccccc2F)cc1. The van der Waals surface area contributed by atoms with Crippen LogP contribution in [0.3, 0.4) is 0 Å². The maximum atomic E-state index is 13.5. The average molecular weight is 423 g/mol. The third-order valence-electron chi connectivity index (χ3n) is 4.52. The molecule has 1 N–H and O–H groups in total. The van der Waals surface area contributed by atoms with Gasteiger partial charge >= 0.3 is 0 Å². The summed E-state index contributed by atoms with van der Waals surface area (Å²) < 4.78 is 45.2. The van der Waals surface area contributed by atoms with E-state index >= 15 is 0 Å². The summed E-state index contributed by atoms with van der Waals surface area (Å²) in [6, 6.07) is 12.2. The molecule has 0 bridgehead atoms. The summed E-state index contributed by atoms with van der Waals surface area (Å²) in [5.41, 5.74) is 0.784. The highest BCUT2D eigenvalue weighted by atomic mass is 32.2. The van der Waals surface area contributed by atoms with Crippen LogP contribution in [0.5, 0.6) is 5.75 Å². The molecule has 0 aromatic heterocycles. The van der Waals surface area contributed by atoms with Gasteiger partial charge in [0, 0.05) is 13.1 Å². The predicted octanol–water partition coefficient (Wildman–Crippen LogP) is 3.50. The lowest BCUT2D eigenvalue weighted by Crippen LogP contribution is -2.30. The van der Waals surface area contributed by atoms with Gasteiger partial charge in [0.2, 0.25) is 15.9 Å². The Balaban J connectivity index is 1.91. The van der Waals surface area contributed by atoms with E-state index in [4.69, 9.17) is 4.74 Å². The van der Waals surface area contributed by atoms with Crippen LogP contribution < -0.4 is 10.1 Å². The summed E-state index contributed by atoms with van der Waals surface area (Å²) in [7, 11) is -3.51. The van der Waals surface area contributed by atoms with E-state index in [1.807, 2.05) is 6.92 Å². The Bertz CT molecular complexity index is 913. The zero-order valence-corrected chi connectivity index (χ0v) is 17.7. The molecule has 1 amide bonds. The lowest BCUT2D eigenvalue weighted by atomic mass is 10.1. The van der Waals surface area contributed by atoms with Gasteiger partial charge in [0.05, 0.1) is 24.0 Å². The highest BCUT2D eigenvalue weighted by Crippen LogP contribution is 2.20. The van der Waals surface area contributed by atoms with Crippen molar-refractivity contribution < 1.29 is 22.3 Å². The van der Waals surface area contributed by atoms with Gasteiger partial charge in [0.1, 0.15) is 0 Å². The largest absolute Gasteiger partial charge is 0.490 e. The molecule has 29 heavy (non-hydrogen) atoms. The molecule has 2 aromatic rings. The van der Waals surface area contributed by atoms with Crippen molar-refractivity contribution in [2.75, 3.05) is 19.7 Å². The fraction of sp³-hybridized carbons (Fsp3) is 0.381. The lowest BCUT2D eigenvalue weighted by molar-refractivity contribution is -0.122. The molecule has 0 fully saturated rings. The second-order valence-corrected chi connectivity index (χ2v) is 8.41. The Morgan fingerprint density at radius 2 is 1.72 bits per heavy atom. The van der Waals surface area contributed by atoms with E-state index in [0.29, 0.717) is 13.1 Å². The molecule has 158 valence electrons. The van der Waals surface area contributed by atoms with Gasteiger partial charge < -0.3 is 10.1 Å². The molecule has 0 heterocycles. The maximum absolute atomic E-state index is 13.5. The molecule has 1 atom stereocenters. The predicted molar refractivity (Wildman–Crippen MR) is 110 cm³/mol. The number of hydrogen-bond acceptors (Lipinski definition) is 4. The van der Waals surface area contributed by atoms with Crippen molar-refractivity contribution in [2.24, 2.45) is 0 Å². The van der Waals surface area contributed by atoms with E-state index in [-0.39, 0.29) is 35.6 Å². The number of halogens is 1. The quantitative estimate of drug-likeness (QED) is 0.636. The number of nitrogens with one attached hydrogen (secondary N) is 1. The molecule has 2 aromatic carbocycles. The van der Waals surface area contributed by atoms with E-state index in [1.54, 1.807) is 50.2 Å². The number of rotatable bonds is 10. The smallest absolute Gasteiger partial charge is 0.243 e. The van der Waals surface area contributed by atoms with Crippen molar-refractivity contribution >= 4 is 15.9 Å². The van der Waals surface area contributed by atoms with Crippen LogP contribution in [-0.2, 0) is 14.8 Å². The lowest BCUT2D eigenvalue weighted by Gasteiger charge is -2.19. The van der Waals surface area contributed by atoms with Crippen LogP contribution in [0.15, 0.2) is 53.4 Å². The van der Waals surface area contributed by atoms with Gasteiger partial charge in [0.25, 0.3) is 0 Å². The first-order chi connectivity index (χ1) is 13.8. The first kappa shape index (κ1) is 22.8. The molecule has 0 aliphatic rings. The van der Waals surface area contributed by atoms with Gasteiger partial charge in [-0.15, -0.1) is 0 Å². The van der Waals surface area contributed by atoms with Crippen LogP contribution in [0, 0.1) is 5.82 Å². The highest BCUT2D eigenvalue weighted by Gasteiger charge is 2.21. The molecule has 0 aliphatic heterocycles. The van der Waals surface area contributed by atoms with Gasteiger partial charge in [-0.3, -0.25) is 4.79 Å². The molecule has 0 saturated carbocycles. The zero-order chi connectivity index (χ0) is 21.4. The van der Waals surface area contributed by atoms with Gasteiger partial charge in [-0.1, -0.05) is 38.1 Å². The number of ether oxygens (including phenoxy) is 1. The second kappa shape index (κ2) is 10.4. The Labute approximate surface area is 171 Å². The molecule has 6 nitrogen and oxygen atoms in total. The highest BCUT2D eigenvalue weighted by molar-refractivity contribution is 7.89. The normalized spacial score (nSPS) is 12.6. The summed E-state index contributed by atoms with van der Waals surface area (Å²) in [6.45, 7) is 6.26. The Kier molecular flexibility index (Phi) is 8.16. The Hall–Kier alpha value is -2.45. The molecule has 2 rings (SSSR count). The van der Waals surface area contributed by atoms with Crippen molar-refractivity contribution in [2.45, 2.75) is 38.1 Å². The number of hydrogen-bond donors (Lipinski definition) is 1. The van der Waals surface area contributed by atoms with Crippen molar-refractivity contribution in [3.63, 3.8) is 0 Å². The maximum Gasteiger partial charge on any atom is 0.243 e. The summed E-state index contributed by atoms with van der Waals surface area (Å²) in [4.78, 5) is 12.3. The molecule has 0 aliphatic carbocycles. The van der Waals surface area contributed by atoms with Crippen molar-refractivity contribution in [1.82, 2.24) is 9.62 Å². The second-order valence-electron chi connectivity index (χ2n) is 6.48. The number of para-hydroxylation sites is 1. The standard InChI is InChI=1S/C21H27FN2O4S/c1-4-24(5-2)29(26,27)18-12-10-17(11-13-18)16(3)23-21(25)14-15-28-20-9-7-6-8-19(20)22/h6-13,16H,4-5,14-15H2,1-3H3,(H,23,25). The van der Waals surface area contributed by atoms with E-state index in [1.165, 1.54) is 16.4 Å². The van der Waals surface area contributed by atoms with Gasteiger partial charge in [-0.2, -0.15) is 4.31 Å². The zero-order valence-electron chi connectivity index (χ0n) is 16.9. The first-order valence-corrected chi connectivity index (χ1v) is 11.0. The van der Waals surface area contributed by atoms with Crippen molar-refractivity contribution in [1.29, 1.82) is 0 Å². The molecule has 8 heteroatoms. The summed E-state index contributed by atoms with van der Waals surface area (Å²) in [6.07, 6.45) is 0.0765. The van der Waals surface area contributed by atoms with Gasteiger partial charge in [-0.05, 0) is 36.8 Å². The third kappa shape index (κ3) is 6.01. The molecule has 1 unspecified atom stereocenters. The van der Waals surface area contributed by atoms with Crippen molar-refractivity contribution in [3.05, 3.63) is 59.9 Å². The van der Waals surface area contributed by atoms with Crippen LogP contribution in [-0.4, -0.2) is 38.3 Å². The van der Waals surface area contributed by atoms with Crippen LogP contribution in [0.1, 0.15) is 38.8 Å². The third-order valence-corrected chi connectivity index (χ3v) is 6.59. The molecular weight excluding hydrogens is 395 g/mol. The number of carbonyl (C=O) groups excluding carboxylic acids is 1. The number of sulfonamides is 1. The van der Waals surface area contributed by atoms with Crippen LogP contribution in [0.4, 0.5) is 4.39 Å². The van der Waals surface area contributed by atoms with Crippen LogP contribution >= 0.6 is 0 Å². The minimum atomic E-state index is -3.51. The Morgan fingerprint density at radius 3 is 2.31 bits per heavy atom. The number of nitrogens with zero attached hydrogens (tertiary/aromatic N) is 1. The number of benzene rings is 2. The molecular formula is C21H27FN2O4S. The van der Waals surface area contributed by atoms with Crippen molar-refractivity contribution in [3.8, 4) is 5.75 Å². The van der Waals surface area contributed by atoms with Crippen LogP contribution in [0.25, 0.3) is 0 Å². The van der Waals surface area contributed by atoms with E-state index < -0.39 is 15.8 Å². The summed E-state index contributed by atoms with van der Waals surface area (Å²) in [5.74, 6) is -0.604. The number of carbonyl (C=O) groups is 1. The minimum absolute atomic E-state index is 0.0561. The van der Waals surface area contributed by atoms with Gasteiger partial charge in [0.15, 0.2) is 11.6 Å². The fourth-order valence-corrected chi connectivity index (χ4v) is 4.31. The first-order valence-electron chi connectivity index (χ1n) is 9.56. The molecule has 0 saturated heterocycles. The monoisotopic (exact) mass is 422 g/mol. The molecule has 0 radical (unpaired) electrons.